The summed E-state index contributed by atoms with van der Waals surface area (Å²) in [6.45, 7) is 6.06. The van der Waals surface area contributed by atoms with Gasteiger partial charge in [-0.15, -0.1) is 0 Å². The third kappa shape index (κ3) is 4.45. The quantitative estimate of drug-likeness (QED) is 0.712. The van der Waals surface area contributed by atoms with E-state index in [2.05, 4.69) is 12.0 Å². The minimum Gasteiger partial charge on any atom is -0.497 e. The van der Waals surface area contributed by atoms with Crippen LogP contribution in [0.4, 0.5) is 0 Å². The molecule has 1 aromatic heterocycles. The van der Waals surface area contributed by atoms with E-state index in [1.165, 1.54) is 4.31 Å². The molecule has 1 fully saturated rings. The maximum atomic E-state index is 13.1. The Morgan fingerprint density at radius 3 is 2.31 bits per heavy atom. The zero-order chi connectivity index (χ0) is 21.2. The van der Waals surface area contributed by atoms with Crippen molar-refractivity contribution in [2.75, 3.05) is 26.8 Å². The van der Waals surface area contributed by atoms with Crippen molar-refractivity contribution in [2.45, 2.75) is 38.5 Å². The number of carbonyl (C=O) groups is 1. The van der Waals surface area contributed by atoms with Crippen LogP contribution in [0.5, 0.6) is 11.5 Å². The van der Waals surface area contributed by atoms with Crippen molar-refractivity contribution >= 4 is 15.9 Å². The number of hydrogen-bond acceptors (Lipinski definition) is 6. The van der Waals surface area contributed by atoms with E-state index in [1.54, 1.807) is 45.2 Å². The topological polar surface area (TPSA) is 90.7 Å². The molecule has 158 valence electrons. The molecule has 8 nitrogen and oxygen atoms in total. The third-order valence-electron chi connectivity index (χ3n) is 5.22. The highest BCUT2D eigenvalue weighted by atomic mass is 32.2. The van der Waals surface area contributed by atoms with Gasteiger partial charge in [-0.2, -0.15) is 9.40 Å². The van der Waals surface area contributed by atoms with Gasteiger partial charge in [-0.05, 0) is 56.9 Å². The number of hydrogen-bond donors (Lipinski definition) is 0. The summed E-state index contributed by atoms with van der Waals surface area (Å²) in [7, 11) is -2.12. The van der Waals surface area contributed by atoms with Gasteiger partial charge in [0.25, 0.3) is 5.91 Å². The molecule has 1 aromatic carbocycles. The normalized spacial score (nSPS) is 16.0. The Balaban J connectivity index is 1.76. The van der Waals surface area contributed by atoms with Crippen LogP contribution in [0, 0.1) is 19.8 Å². The van der Waals surface area contributed by atoms with Gasteiger partial charge in [-0.25, -0.2) is 13.1 Å². The van der Waals surface area contributed by atoms with Gasteiger partial charge in [0, 0.05) is 13.1 Å². The SMILES string of the molecule is COc1ccc(OCC(=O)n2nc(C)c(S(=O)(=O)N3CCC(C)CC3)c2C)cc1. The van der Waals surface area contributed by atoms with Gasteiger partial charge in [-0.1, -0.05) is 6.92 Å². The number of rotatable bonds is 6. The fourth-order valence-electron chi connectivity index (χ4n) is 3.48. The summed E-state index contributed by atoms with van der Waals surface area (Å²) in [6, 6.07) is 6.85. The fraction of sp³-hybridized carbons (Fsp3) is 0.500. The van der Waals surface area contributed by atoms with Gasteiger partial charge < -0.3 is 9.47 Å². The summed E-state index contributed by atoms with van der Waals surface area (Å²) in [5.74, 6) is 1.28. The summed E-state index contributed by atoms with van der Waals surface area (Å²) in [5.41, 5.74) is 0.628. The molecule has 0 N–H and O–H groups in total. The molecule has 3 rings (SSSR count). The van der Waals surface area contributed by atoms with Crippen LogP contribution >= 0.6 is 0 Å². The van der Waals surface area contributed by atoms with Crippen molar-refractivity contribution in [1.29, 1.82) is 0 Å². The average Bonchev–Trinajstić information content (AvgIpc) is 3.01. The smallest absolute Gasteiger partial charge is 0.285 e. The van der Waals surface area contributed by atoms with Crippen molar-refractivity contribution in [1.82, 2.24) is 14.1 Å². The van der Waals surface area contributed by atoms with E-state index in [4.69, 9.17) is 9.47 Å². The van der Waals surface area contributed by atoms with Crippen LogP contribution in [0.2, 0.25) is 0 Å². The number of piperidine rings is 1. The van der Waals surface area contributed by atoms with Crippen LogP contribution in [-0.4, -0.2) is 55.2 Å². The highest BCUT2D eigenvalue weighted by Gasteiger charge is 2.33. The fourth-order valence-corrected chi connectivity index (χ4v) is 5.30. The average molecular weight is 422 g/mol. The molecule has 1 saturated heterocycles. The first kappa shape index (κ1) is 21.3. The molecule has 1 aliphatic rings. The predicted molar refractivity (Wildman–Crippen MR) is 108 cm³/mol. The number of ether oxygens (including phenoxy) is 2. The Labute approximate surface area is 171 Å². The summed E-state index contributed by atoms with van der Waals surface area (Å²) in [6.07, 6.45) is 1.67. The van der Waals surface area contributed by atoms with Crippen molar-refractivity contribution in [3.8, 4) is 11.5 Å². The zero-order valence-electron chi connectivity index (χ0n) is 17.2. The number of aryl methyl sites for hydroxylation is 1. The monoisotopic (exact) mass is 421 g/mol. The van der Waals surface area contributed by atoms with Crippen LogP contribution < -0.4 is 9.47 Å². The van der Waals surface area contributed by atoms with E-state index in [0.29, 0.717) is 41.9 Å². The molecule has 0 saturated carbocycles. The second-order valence-corrected chi connectivity index (χ2v) is 9.23. The zero-order valence-corrected chi connectivity index (χ0v) is 18.0. The minimum atomic E-state index is -3.69. The van der Waals surface area contributed by atoms with Crippen LogP contribution in [0.3, 0.4) is 0 Å². The van der Waals surface area contributed by atoms with Crippen LogP contribution in [0.15, 0.2) is 29.2 Å². The highest BCUT2D eigenvalue weighted by Crippen LogP contribution is 2.27. The number of methoxy groups -OCH3 is 1. The second-order valence-electron chi connectivity index (χ2n) is 7.36. The summed E-state index contributed by atoms with van der Waals surface area (Å²) >= 11 is 0. The lowest BCUT2D eigenvalue weighted by Gasteiger charge is -2.29. The van der Waals surface area contributed by atoms with E-state index >= 15 is 0 Å². The number of benzene rings is 1. The van der Waals surface area contributed by atoms with Gasteiger partial charge in [0.1, 0.15) is 16.4 Å². The Morgan fingerprint density at radius 2 is 1.72 bits per heavy atom. The lowest BCUT2D eigenvalue weighted by atomic mass is 10.0. The first-order valence-corrected chi connectivity index (χ1v) is 11.0. The van der Waals surface area contributed by atoms with Crippen molar-refractivity contribution in [3.05, 3.63) is 35.7 Å². The maximum Gasteiger partial charge on any atom is 0.285 e. The van der Waals surface area contributed by atoms with E-state index in [9.17, 15) is 13.2 Å². The van der Waals surface area contributed by atoms with Gasteiger partial charge in [-0.3, -0.25) is 4.79 Å². The van der Waals surface area contributed by atoms with E-state index in [-0.39, 0.29) is 11.5 Å². The molecule has 0 unspecified atom stereocenters. The number of carbonyl (C=O) groups excluding carboxylic acids is 1. The Hall–Kier alpha value is -2.39. The summed E-state index contributed by atoms with van der Waals surface area (Å²) < 4.78 is 39.5. The molecule has 0 radical (unpaired) electrons. The Bertz CT molecular complexity index is 974. The molecule has 2 aromatic rings. The number of nitrogens with zero attached hydrogens (tertiary/aromatic N) is 3. The molecule has 29 heavy (non-hydrogen) atoms. The van der Waals surface area contributed by atoms with E-state index in [0.717, 1.165) is 17.5 Å². The molecule has 0 amide bonds. The minimum absolute atomic E-state index is 0.116. The third-order valence-corrected chi connectivity index (χ3v) is 7.38. The van der Waals surface area contributed by atoms with Gasteiger partial charge in [0.2, 0.25) is 10.0 Å². The van der Waals surface area contributed by atoms with E-state index in [1.807, 2.05) is 0 Å². The Morgan fingerprint density at radius 1 is 1.14 bits per heavy atom. The Kier molecular flexibility index (Phi) is 6.28. The van der Waals surface area contributed by atoms with Gasteiger partial charge in [0.15, 0.2) is 6.61 Å². The predicted octanol–water partition coefficient (Wildman–Crippen LogP) is 2.65. The molecular formula is C20H27N3O5S. The number of aromatic nitrogens is 2. The first-order chi connectivity index (χ1) is 13.7. The van der Waals surface area contributed by atoms with Crippen LogP contribution in [0.25, 0.3) is 0 Å². The molecule has 0 atom stereocenters. The molecule has 1 aliphatic heterocycles. The molecule has 2 heterocycles. The molecule has 0 spiro atoms. The standard InChI is InChI=1S/C20H27N3O5S/c1-14-9-11-22(12-10-14)29(25,26)20-15(2)21-23(16(20)3)19(24)13-28-18-7-5-17(27-4)6-8-18/h5-8,14H,9-13H2,1-4H3. The molecule has 0 bridgehead atoms. The van der Waals surface area contributed by atoms with Gasteiger partial charge in [0.05, 0.1) is 18.5 Å². The lowest BCUT2D eigenvalue weighted by molar-refractivity contribution is 0.0818. The lowest BCUT2D eigenvalue weighted by Crippen LogP contribution is -2.38. The van der Waals surface area contributed by atoms with Crippen molar-refractivity contribution in [2.24, 2.45) is 5.92 Å². The summed E-state index contributed by atoms with van der Waals surface area (Å²) in [4.78, 5) is 12.7. The highest BCUT2D eigenvalue weighted by molar-refractivity contribution is 7.89. The molecular weight excluding hydrogens is 394 g/mol. The van der Waals surface area contributed by atoms with Crippen molar-refractivity contribution in [3.63, 3.8) is 0 Å². The summed E-state index contributed by atoms with van der Waals surface area (Å²) in [5, 5.41) is 4.19. The van der Waals surface area contributed by atoms with Crippen molar-refractivity contribution < 1.29 is 22.7 Å². The van der Waals surface area contributed by atoms with Gasteiger partial charge >= 0.3 is 0 Å². The second kappa shape index (κ2) is 8.54. The number of sulfonamides is 1. The molecule has 0 aliphatic carbocycles. The van der Waals surface area contributed by atoms with E-state index < -0.39 is 15.9 Å². The maximum absolute atomic E-state index is 13.1. The van der Waals surface area contributed by atoms with Crippen LogP contribution in [0.1, 0.15) is 35.9 Å². The first-order valence-electron chi connectivity index (χ1n) is 9.60. The van der Waals surface area contributed by atoms with Crippen LogP contribution in [-0.2, 0) is 10.0 Å². The molecule has 9 heteroatoms. The largest absolute Gasteiger partial charge is 0.497 e.